The van der Waals surface area contributed by atoms with Crippen molar-refractivity contribution in [1.82, 2.24) is 9.40 Å². The molecule has 0 spiro atoms. The number of para-hydroxylation sites is 1. The second-order valence-corrected chi connectivity index (χ2v) is 9.89. The van der Waals surface area contributed by atoms with Crippen molar-refractivity contribution in [3.05, 3.63) is 107 Å². The van der Waals surface area contributed by atoms with Gasteiger partial charge in [-0.3, -0.25) is 0 Å². The van der Waals surface area contributed by atoms with Crippen molar-refractivity contribution in [2.45, 2.75) is 24.3 Å². The molecule has 4 aromatic rings. The maximum Gasteiger partial charge on any atom is 0.279 e. The molecule has 5 rings (SSSR count). The first-order chi connectivity index (χ1) is 15.4. The largest absolute Gasteiger partial charge is 0.279 e. The number of pyridine rings is 1. The van der Waals surface area contributed by atoms with E-state index in [1.54, 1.807) is 30.3 Å². The molecule has 1 atom stereocenters. The van der Waals surface area contributed by atoms with Crippen LogP contribution in [0, 0.1) is 6.92 Å². The molecule has 1 unspecified atom stereocenters. The van der Waals surface area contributed by atoms with Gasteiger partial charge in [-0.25, -0.2) is 4.98 Å². The number of aryl methyl sites for hydroxylation is 1. The summed E-state index contributed by atoms with van der Waals surface area (Å²) in [5.74, 6) is 0. The number of benzene rings is 3. The fourth-order valence-electron chi connectivity index (χ4n) is 4.02. The van der Waals surface area contributed by atoms with Crippen molar-refractivity contribution in [2.75, 3.05) is 0 Å². The molecule has 1 aromatic heterocycles. The fraction of sp³-hybridized carbons (Fsp3) is 0.120. The lowest BCUT2D eigenvalue weighted by Crippen LogP contribution is -2.27. The lowest BCUT2D eigenvalue weighted by Gasteiger charge is -2.24. The SMILES string of the molecule is Cc1cccc2cc(C3CC(c4ccccc4)=NN3S(=O)(=O)c3ccccc3)c(Cl)nc12. The van der Waals surface area contributed by atoms with Crippen LogP contribution in [0.4, 0.5) is 0 Å². The van der Waals surface area contributed by atoms with Gasteiger partial charge in [0.15, 0.2) is 0 Å². The van der Waals surface area contributed by atoms with Crippen LogP contribution in [0.2, 0.25) is 5.15 Å². The molecule has 0 fully saturated rings. The molecule has 0 saturated heterocycles. The Labute approximate surface area is 192 Å². The standard InChI is InChI=1S/C25H20ClN3O2S/c1-17-9-8-12-19-15-21(25(26)27-24(17)19)23-16-22(18-10-4-2-5-11-18)28-29(23)32(30,31)20-13-6-3-7-14-20/h2-15,23H,16H2,1H3. The number of hydrogen-bond donors (Lipinski definition) is 0. The van der Waals surface area contributed by atoms with Crippen LogP contribution in [0.5, 0.6) is 0 Å². The highest BCUT2D eigenvalue weighted by Crippen LogP contribution is 2.40. The molecule has 5 nitrogen and oxygen atoms in total. The van der Waals surface area contributed by atoms with Crippen LogP contribution in [-0.4, -0.2) is 23.5 Å². The second kappa shape index (κ2) is 8.04. The van der Waals surface area contributed by atoms with E-state index in [-0.39, 0.29) is 10.0 Å². The lowest BCUT2D eigenvalue weighted by molar-refractivity contribution is 0.371. The number of hydrogen-bond acceptors (Lipinski definition) is 4. The van der Waals surface area contributed by atoms with Crippen LogP contribution in [-0.2, 0) is 10.0 Å². The first-order valence-corrected chi connectivity index (χ1v) is 12.0. The molecule has 0 aliphatic carbocycles. The Kier molecular flexibility index (Phi) is 5.19. The molecule has 0 saturated carbocycles. The Balaban J connectivity index is 1.67. The van der Waals surface area contributed by atoms with E-state index in [1.165, 1.54) is 4.41 Å². The molecule has 0 bridgehead atoms. The molecule has 160 valence electrons. The number of rotatable bonds is 4. The zero-order valence-corrected chi connectivity index (χ0v) is 18.9. The van der Waals surface area contributed by atoms with E-state index in [1.807, 2.05) is 61.5 Å². The molecular formula is C25H20ClN3O2S. The first-order valence-electron chi connectivity index (χ1n) is 10.2. The minimum Gasteiger partial charge on any atom is -0.235 e. The van der Waals surface area contributed by atoms with Gasteiger partial charge in [0.05, 0.1) is 22.2 Å². The van der Waals surface area contributed by atoms with Crippen molar-refractivity contribution >= 4 is 38.2 Å². The number of hydrazone groups is 1. The normalized spacial score (nSPS) is 16.4. The maximum absolute atomic E-state index is 13.6. The molecule has 0 amide bonds. The summed E-state index contributed by atoms with van der Waals surface area (Å²) in [5.41, 5.74) is 4.02. The molecule has 0 N–H and O–H groups in total. The van der Waals surface area contributed by atoms with Gasteiger partial charge in [0.2, 0.25) is 0 Å². The fourth-order valence-corrected chi connectivity index (χ4v) is 5.73. The van der Waals surface area contributed by atoms with E-state index >= 15 is 0 Å². The number of nitrogens with zero attached hydrogens (tertiary/aromatic N) is 3. The summed E-state index contributed by atoms with van der Waals surface area (Å²) in [5, 5.41) is 5.78. The average molecular weight is 462 g/mol. The molecule has 1 aliphatic heterocycles. The van der Waals surface area contributed by atoms with Gasteiger partial charge in [0.25, 0.3) is 10.0 Å². The zero-order valence-electron chi connectivity index (χ0n) is 17.3. The smallest absolute Gasteiger partial charge is 0.235 e. The molecular weight excluding hydrogens is 442 g/mol. The van der Waals surface area contributed by atoms with Crippen LogP contribution < -0.4 is 0 Å². The summed E-state index contributed by atoms with van der Waals surface area (Å²) in [6.45, 7) is 1.98. The van der Waals surface area contributed by atoms with Gasteiger partial charge >= 0.3 is 0 Å². The molecule has 1 aliphatic rings. The number of fused-ring (bicyclic) bond motifs is 1. The van der Waals surface area contributed by atoms with Gasteiger partial charge in [0, 0.05) is 17.4 Å². The monoisotopic (exact) mass is 461 g/mol. The first kappa shape index (κ1) is 20.7. The van der Waals surface area contributed by atoms with Crippen LogP contribution in [0.3, 0.4) is 0 Å². The van der Waals surface area contributed by atoms with Gasteiger partial charge in [-0.2, -0.15) is 17.9 Å². The predicted octanol–water partition coefficient (Wildman–Crippen LogP) is 5.74. The summed E-state index contributed by atoms with van der Waals surface area (Å²) in [6.07, 6.45) is 0.398. The van der Waals surface area contributed by atoms with E-state index in [0.29, 0.717) is 17.7 Å². The highest BCUT2D eigenvalue weighted by atomic mass is 35.5. The third-order valence-corrected chi connectivity index (χ3v) is 7.65. The van der Waals surface area contributed by atoms with E-state index in [0.717, 1.165) is 22.0 Å². The molecule has 32 heavy (non-hydrogen) atoms. The van der Waals surface area contributed by atoms with E-state index in [4.69, 9.17) is 11.6 Å². The minimum absolute atomic E-state index is 0.184. The Bertz CT molecular complexity index is 1440. The van der Waals surface area contributed by atoms with Crippen molar-refractivity contribution in [2.24, 2.45) is 5.10 Å². The van der Waals surface area contributed by atoms with Crippen molar-refractivity contribution < 1.29 is 8.42 Å². The molecule has 0 radical (unpaired) electrons. The Morgan fingerprint density at radius 1 is 0.938 bits per heavy atom. The summed E-state index contributed by atoms with van der Waals surface area (Å²) in [6, 6.07) is 25.2. The van der Waals surface area contributed by atoms with E-state index in [2.05, 4.69) is 10.1 Å². The van der Waals surface area contributed by atoms with Crippen LogP contribution in [0.1, 0.15) is 29.2 Å². The summed E-state index contributed by atoms with van der Waals surface area (Å²) >= 11 is 6.63. The Morgan fingerprint density at radius 3 is 2.34 bits per heavy atom. The highest BCUT2D eigenvalue weighted by molar-refractivity contribution is 7.89. The number of aromatic nitrogens is 1. The van der Waals surface area contributed by atoms with Crippen molar-refractivity contribution in [3.8, 4) is 0 Å². The third-order valence-electron chi connectivity index (χ3n) is 5.65. The molecule has 2 heterocycles. The van der Waals surface area contributed by atoms with Crippen molar-refractivity contribution in [3.63, 3.8) is 0 Å². The topological polar surface area (TPSA) is 62.6 Å². The molecule has 3 aromatic carbocycles. The average Bonchev–Trinajstić information content (AvgIpc) is 3.27. The summed E-state index contributed by atoms with van der Waals surface area (Å²) in [7, 11) is -3.90. The summed E-state index contributed by atoms with van der Waals surface area (Å²) in [4.78, 5) is 4.78. The van der Waals surface area contributed by atoms with Crippen LogP contribution in [0.25, 0.3) is 10.9 Å². The second-order valence-electron chi connectivity index (χ2n) is 7.74. The number of sulfonamides is 1. The van der Waals surface area contributed by atoms with Gasteiger partial charge < -0.3 is 0 Å². The third kappa shape index (κ3) is 3.55. The van der Waals surface area contributed by atoms with Crippen LogP contribution in [0.15, 0.2) is 94.9 Å². The van der Waals surface area contributed by atoms with E-state index < -0.39 is 16.1 Å². The van der Waals surface area contributed by atoms with Crippen molar-refractivity contribution in [1.29, 1.82) is 0 Å². The quantitative estimate of drug-likeness (QED) is 0.364. The number of halogens is 1. The molecule has 7 heteroatoms. The lowest BCUT2D eigenvalue weighted by atomic mass is 9.99. The van der Waals surface area contributed by atoms with Gasteiger partial charge in [-0.05, 0) is 36.2 Å². The maximum atomic E-state index is 13.6. The van der Waals surface area contributed by atoms with E-state index in [9.17, 15) is 8.42 Å². The summed E-state index contributed by atoms with van der Waals surface area (Å²) < 4.78 is 28.3. The van der Waals surface area contributed by atoms with Crippen LogP contribution >= 0.6 is 11.6 Å². The Morgan fingerprint density at radius 2 is 1.62 bits per heavy atom. The van der Waals surface area contributed by atoms with Gasteiger partial charge in [0.1, 0.15) is 5.15 Å². The zero-order chi connectivity index (χ0) is 22.3. The van der Waals surface area contributed by atoms with Gasteiger partial charge in [-0.1, -0.05) is 78.3 Å². The Hall–Kier alpha value is -3.22. The highest BCUT2D eigenvalue weighted by Gasteiger charge is 2.39. The predicted molar refractivity (Wildman–Crippen MR) is 127 cm³/mol. The van der Waals surface area contributed by atoms with Gasteiger partial charge in [-0.15, -0.1) is 0 Å². The minimum atomic E-state index is -3.90.